The van der Waals surface area contributed by atoms with Crippen LogP contribution in [0.25, 0.3) is 10.9 Å². The second-order valence-corrected chi connectivity index (χ2v) is 6.43. The normalized spacial score (nSPS) is 17.8. The molecule has 1 amide bonds. The summed E-state index contributed by atoms with van der Waals surface area (Å²) in [7, 11) is 0. The van der Waals surface area contributed by atoms with Gasteiger partial charge in [-0.15, -0.1) is 0 Å². The van der Waals surface area contributed by atoms with E-state index in [0.29, 0.717) is 32.7 Å². The molecule has 1 aliphatic heterocycles. The molecule has 0 radical (unpaired) electrons. The molecule has 4 heteroatoms. The lowest BCUT2D eigenvalue weighted by Crippen LogP contribution is -2.42. The number of ether oxygens (including phenoxy) is 1. The second kappa shape index (κ2) is 7.11. The van der Waals surface area contributed by atoms with Crippen LogP contribution in [0, 0.1) is 0 Å². The van der Waals surface area contributed by atoms with Crippen molar-refractivity contribution in [3.63, 3.8) is 0 Å². The maximum absolute atomic E-state index is 12.7. The summed E-state index contributed by atoms with van der Waals surface area (Å²) in [6.45, 7) is 2.61. The van der Waals surface area contributed by atoms with Crippen LogP contribution >= 0.6 is 0 Å². The van der Waals surface area contributed by atoms with E-state index in [-0.39, 0.29) is 12.0 Å². The van der Waals surface area contributed by atoms with Gasteiger partial charge in [0.15, 0.2) is 0 Å². The minimum Gasteiger partial charge on any atom is -0.370 e. The van der Waals surface area contributed by atoms with Gasteiger partial charge in [-0.3, -0.25) is 4.79 Å². The fourth-order valence-electron chi connectivity index (χ4n) is 3.45. The molecule has 0 N–H and O–H groups in total. The maximum atomic E-state index is 12.7. The topological polar surface area (TPSA) is 34.5 Å². The van der Waals surface area contributed by atoms with E-state index in [1.807, 2.05) is 35.2 Å². The van der Waals surface area contributed by atoms with Gasteiger partial charge in [0.2, 0.25) is 5.91 Å². The first-order valence-corrected chi connectivity index (χ1v) is 8.79. The van der Waals surface area contributed by atoms with Crippen molar-refractivity contribution in [2.75, 3.05) is 19.7 Å². The number of hydrogen-bond donors (Lipinski definition) is 0. The summed E-state index contributed by atoms with van der Waals surface area (Å²) in [6.07, 6.45) is 2.55. The van der Waals surface area contributed by atoms with Gasteiger partial charge in [-0.25, -0.2) is 0 Å². The van der Waals surface area contributed by atoms with Crippen molar-refractivity contribution in [3.8, 4) is 0 Å². The summed E-state index contributed by atoms with van der Waals surface area (Å²) < 4.78 is 8.01. The van der Waals surface area contributed by atoms with Gasteiger partial charge in [0.1, 0.15) is 6.10 Å². The number of aryl methyl sites for hydroxylation is 1. The lowest BCUT2D eigenvalue weighted by Gasteiger charge is -2.33. The summed E-state index contributed by atoms with van der Waals surface area (Å²) in [5.74, 6) is 0.196. The Kier molecular flexibility index (Phi) is 4.53. The molecule has 2 heterocycles. The van der Waals surface area contributed by atoms with Gasteiger partial charge in [-0.2, -0.15) is 0 Å². The van der Waals surface area contributed by atoms with Crippen LogP contribution in [0.5, 0.6) is 0 Å². The smallest absolute Gasteiger partial charge is 0.224 e. The molecule has 4 nitrogen and oxygen atoms in total. The van der Waals surface area contributed by atoms with Crippen LogP contribution < -0.4 is 0 Å². The van der Waals surface area contributed by atoms with Gasteiger partial charge < -0.3 is 14.2 Å². The van der Waals surface area contributed by atoms with Gasteiger partial charge >= 0.3 is 0 Å². The Morgan fingerprint density at radius 2 is 1.84 bits per heavy atom. The standard InChI is InChI=1S/C21H22N2O2/c24-21(11-13-22-12-10-17-6-4-5-9-19(17)22)23-14-15-25-20(16-23)18-7-2-1-3-8-18/h1-10,12,20H,11,13-16H2. The number of amides is 1. The first kappa shape index (κ1) is 15.9. The highest BCUT2D eigenvalue weighted by atomic mass is 16.5. The number of nitrogens with zero attached hydrogens (tertiary/aromatic N) is 2. The van der Waals surface area contributed by atoms with E-state index in [0.717, 1.165) is 5.56 Å². The van der Waals surface area contributed by atoms with Gasteiger partial charge in [-0.1, -0.05) is 48.5 Å². The van der Waals surface area contributed by atoms with Crippen LogP contribution in [0.15, 0.2) is 66.9 Å². The molecule has 1 unspecified atom stereocenters. The Morgan fingerprint density at radius 1 is 1.04 bits per heavy atom. The molecule has 0 spiro atoms. The molecule has 3 aromatic rings. The van der Waals surface area contributed by atoms with E-state index >= 15 is 0 Å². The van der Waals surface area contributed by atoms with Crippen molar-refractivity contribution >= 4 is 16.8 Å². The number of carbonyl (C=O) groups excluding carboxylic acids is 1. The van der Waals surface area contributed by atoms with Crippen molar-refractivity contribution in [2.24, 2.45) is 0 Å². The molecule has 0 bridgehead atoms. The molecule has 25 heavy (non-hydrogen) atoms. The fourth-order valence-corrected chi connectivity index (χ4v) is 3.45. The van der Waals surface area contributed by atoms with Gasteiger partial charge in [0, 0.05) is 31.2 Å². The van der Waals surface area contributed by atoms with Crippen LogP contribution in [0.1, 0.15) is 18.1 Å². The van der Waals surface area contributed by atoms with Crippen molar-refractivity contribution in [1.29, 1.82) is 0 Å². The Labute approximate surface area is 147 Å². The number of fused-ring (bicyclic) bond motifs is 1. The molecule has 2 aromatic carbocycles. The van der Waals surface area contributed by atoms with Gasteiger partial charge in [0.25, 0.3) is 0 Å². The molecule has 1 atom stereocenters. The maximum Gasteiger partial charge on any atom is 0.224 e. The molecule has 4 rings (SSSR count). The minimum absolute atomic E-state index is 0.0219. The van der Waals surface area contributed by atoms with E-state index in [1.165, 1.54) is 10.9 Å². The molecule has 1 fully saturated rings. The Hall–Kier alpha value is -2.59. The Bertz CT molecular complexity index is 856. The molecular formula is C21H22N2O2. The molecule has 128 valence electrons. The third-order valence-electron chi connectivity index (χ3n) is 4.84. The van der Waals surface area contributed by atoms with Crippen molar-refractivity contribution in [2.45, 2.75) is 19.1 Å². The molecule has 0 aliphatic carbocycles. The fraction of sp³-hybridized carbons (Fsp3) is 0.286. The highest BCUT2D eigenvalue weighted by molar-refractivity contribution is 5.80. The van der Waals surface area contributed by atoms with Crippen LogP contribution in [0.3, 0.4) is 0 Å². The zero-order valence-corrected chi connectivity index (χ0v) is 14.2. The van der Waals surface area contributed by atoms with E-state index in [9.17, 15) is 4.79 Å². The summed E-state index contributed by atoms with van der Waals surface area (Å²) in [5, 5.41) is 1.21. The SMILES string of the molecule is O=C(CCn1ccc2ccccc21)N1CCOC(c2ccccc2)C1. The highest BCUT2D eigenvalue weighted by Crippen LogP contribution is 2.22. The van der Waals surface area contributed by atoms with Crippen LogP contribution in [0.2, 0.25) is 0 Å². The summed E-state index contributed by atoms with van der Waals surface area (Å²) in [6, 6.07) is 20.5. The second-order valence-electron chi connectivity index (χ2n) is 6.43. The molecular weight excluding hydrogens is 312 g/mol. The average molecular weight is 334 g/mol. The third kappa shape index (κ3) is 3.44. The zero-order chi connectivity index (χ0) is 17.1. The quantitative estimate of drug-likeness (QED) is 0.730. The molecule has 0 saturated carbocycles. The van der Waals surface area contributed by atoms with Crippen molar-refractivity contribution in [3.05, 3.63) is 72.4 Å². The zero-order valence-electron chi connectivity index (χ0n) is 14.2. The third-order valence-corrected chi connectivity index (χ3v) is 4.84. The number of morpholine rings is 1. The number of para-hydroxylation sites is 1. The number of carbonyl (C=O) groups is 1. The molecule has 1 aliphatic rings. The number of hydrogen-bond acceptors (Lipinski definition) is 2. The van der Waals surface area contributed by atoms with Gasteiger partial charge in [-0.05, 0) is 23.1 Å². The largest absolute Gasteiger partial charge is 0.370 e. The summed E-state index contributed by atoms with van der Waals surface area (Å²) >= 11 is 0. The minimum atomic E-state index is -0.0219. The average Bonchev–Trinajstić information content (AvgIpc) is 3.10. The number of aromatic nitrogens is 1. The Balaban J connectivity index is 1.39. The van der Waals surface area contributed by atoms with Crippen LogP contribution in [-0.2, 0) is 16.1 Å². The van der Waals surface area contributed by atoms with E-state index in [1.54, 1.807) is 0 Å². The Morgan fingerprint density at radius 3 is 2.72 bits per heavy atom. The van der Waals surface area contributed by atoms with E-state index < -0.39 is 0 Å². The first-order valence-electron chi connectivity index (χ1n) is 8.79. The number of rotatable bonds is 4. The lowest BCUT2D eigenvalue weighted by molar-refractivity contribution is -0.139. The van der Waals surface area contributed by atoms with E-state index in [2.05, 4.69) is 41.1 Å². The first-order chi connectivity index (χ1) is 12.3. The number of benzene rings is 2. The summed E-state index contributed by atoms with van der Waals surface area (Å²) in [5.41, 5.74) is 2.32. The van der Waals surface area contributed by atoms with Crippen molar-refractivity contribution in [1.82, 2.24) is 9.47 Å². The summed E-state index contributed by atoms with van der Waals surface area (Å²) in [4.78, 5) is 14.6. The lowest BCUT2D eigenvalue weighted by atomic mass is 10.1. The molecule has 1 aromatic heterocycles. The van der Waals surface area contributed by atoms with Crippen molar-refractivity contribution < 1.29 is 9.53 Å². The van der Waals surface area contributed by atoms with Crippen LogP contribution in [-0.4, -0.2) is 35.1 Å². The predicted molar refractivity (Wildman–Crippen MR) is 98.3 cm³/mol. The van der Waals surface area contributed by atoms with Crippen LogP contribution in [0.4, 0.5) is 0 Å². The van der Waals surface area contributed by atoms with Gasteiger partial charge in [0.05, 0.1) is 13.2 Å². The monoisotopic (exact) mass is 334 g/mol. The highest BCUT2D eigenvalue weighted by Gasteiger charge is 2.25. The predicted octanol–water partition coefficient (Wildman–Crippen LogP) is 3.63. The van der Waals surface area contributed by atoms with E-state index in [4.69, 9.17) is 4.74 Å². The molecule has 1 saturated heterocycles.